The van der Waals surface area contributed by atoms with Crippen LogP contribution in [-0.2, 0) is 0 Å². The quantitative estimate of drug-likeness (QED) is 0.675. The molecule has 2 aromatic rings. The van der Waals surface area contributed by atoms with Crippen molar-refractivity contribution in [1.82, 2.24) is 5.43 Å². The minimum absolute atomic E-state index is 0.190. The van der Waals surface area contributed by atoms with Crippen LogP contribution in [0.15, 0.2) is 40.2 Å². The van der Waals surface area contributed by atoms with Gasteiger partial charge in [0, 0.05) is 9.35 Å². The van der Waals surface area contributed by atoms with E-state index in [0.717, 1.165) is 14.9 Å². The average molecular weight is 301 g/mol. The second-order valence-electron chi connectivity index (χ2n) is 3.29. The van der Waals surface area contributed by atoms with Crippen LogP contribution in [0.2, 0.25) is 0 Å². The third-order valence-corrected chi connectivity index (χ3v) is 4.19. The number of nitrogens with two attached hydrogens (primary N) is 1. The highest BCUT2D eigenvalue weighted by molar-refractivity contribution is 9.10. The van der Waals surface area contributed by atoms with E-state index in [1.807, 2.05) is 17.5 Å². The third-order valence-electron chi connectivity index (χ3n) is 2.26. The highest BCUT2D eigenvalue weighted by atomic mass is 79.9. The van der Waals surface area contributed by atoms with Crippen molar-refractivity contribution in [1.29, 1.82) is 0 Å². The lowest BCUT2D eigenvalue weighted by Crippen LogP contribution is -2.28. The molecule has 84 valence electrons. The molecule has 0 aliphatic rings. The van der Waals surface area contributed by atoms with Gasteiger partial charge in [-0.25, -0.2) is 9.82 Å². The van der Waals surface area contributed by atoms with Crippen molar-refractivity contribution in [2.45, 2.75) is 6.04 Å². The van der Waals surface area contributed by atoms with Crippen molar-refractivity contribution in [2.24, 2.45) is 5.84 Å². The molecule has 2 nitrogen and oxygen atoms in total. The SMILES string of the molecule is NNC(c1cccc(F)c1)c1sccc1Br. The van der Waals surface area contributed by atoms with Gasteiger partial charge in [0.1, 0.15) is 5.82 Å². The summed E-state index contributed by atoms with van der Waals surface area (Å²) in [5.41, 5.74) is 3.51. The fourth-order valence-corrected chi connectivity index (χ4v) is 3.21. The summed E-state index contributed by atoms with van der Waals surface area (Å²) in [5, 5.41) is 1.96. The van der Waals surface area contributed by atoms with Gasteiger partial charge in [-0.3, -0.25) is 5.84 Å². The third kappa shape index (κ3) is 2.32. The Morgan fingerprint density at radius 2 is 2.19 bits per heavy atom. The minimum atomic E-state index is -0.259. The number of hydrogen-bond donors (Lipinski definition) is 2. The fraction of sp³-hybridized carbons (Fsp3) is 0.0909. The van der Waals surface area contributed by atoms with E-state index < -0.39 is 0 Å². The van der Waals surface area contributed by atoms with Crippen LogP contribution in [0, 0.1) is 5.82 Å². The Morgan fingerprint density at radius 1 is 1.38 bits per heavy atom. The lowest BCUT2D eigenvalue weighted by molar-refractivity contribution is 0.608. The predicted octanol–water partition coefficient (Wildman–Crippen LogP) is 3.20. The molecule has 0 fully saturated rings. The van der Waals surface area contributed by atoms with E-state index in [2.05, 4.69) is 21.4 Å². The van der Waals surface area contributed by atoms with Crippen molar-refractivity contribution < 1.29 is 4.39 Å². The number of hydrogen-bond acceptors (Lipinski definition) is 3. The van der Waals surface area contributed by atoms with E-state index in [9.17, 15) is 4.39 Å². The van der Waals surface area contributed by atoms with E-state index in [1.165, 1.54) is 12.1 Å². The molecule has 2 rings (SSSR count). The molecule has 0 amide bonds. The van der Waals surface area contributed by atoms with Gasteiger partial charge in [-0.05, 0) is 45.1 Å². The van der Waals surface area contributed by atoms with Gasteiger partial charge in [0.25, 0.3) is 0 Å². The van der Waals surface area contributed by atoms with Gasteiger partial charge in [-0.15, -0.1) is 11.3 Å². The molecule has 1 unspecified atom stereocenters. The second-order valence-corrected chi connectivity index (χ2v) is 5.09. The molecule has 0 bridgehead atoms. The first kappa shape index (κ1) is 11.7. The molecular weight excluding hydrogens is 291 g/mol. The van der Waals surface area contributed by atoms with Gasteiger partial charge in [0.2, 0.25) is 0 Å². The first-order valence-electron chi connectivity index (χ1n) is 4.67. The topological polar surface area (TPSA) is 38.0 Å². The van der Waals surface area contributed by atoms with Crippen molar-refractivity contribution in [3.63, 3.8) is 0 Å². The lowest BCUT2D eigenvalue weighted by atomic mass is 10.1. The lowest BCUT2D eigenvalue weighted by Gasteiger charge is -2.15. The molecule has 5 heteroatoms. The van der Waals surface area contributed by atoms with Crippen LogP contribution >= 0.6 is 27.3 Å². The van der Waals surface area contributed by atoms with Crippen LogP contribution in [0.3, 0.4) is 0 Å². The van der Waals surface area contributed by atoms with Crippen molar-refractivity contribution in [3.05, 3.63) is 56.4 Å². The molecule has 0 saturated carbocycles. The molecule has 3 N–H and O–H groups in total. The molecule has 0 aliphatic heterocycles. The first-order chi connectivity index (χ1) is 7.72. The molecular formula is C11H10BrFN2S. The maximum atomic E-state index is 13.1. The summed E-state index contributed by atoms with van der Waals surface area (Å²) in [4.78, 5) is 1.04. The Bertz CT molecular complexity index is 486. The zero-order chi connectivity index (χ0) is 11.5. The number of benzene rings is 1. The summed E-state index contributed by atoms with van der Waals surface area (Å²) in [5.74, 6) is 5.27. The Hall–Kier alpha value is -0.750. The molecule has 1 aromatic heterocycles. The maximum Gasteiger partial charge on any atom is 0.123 e. The van der Waals surface area contributed by atoms with E-state index >= 15 is 0 Å². The average Bonchev–Trinajstić information content (AvgIpc) is 2.67. The smallest absolute Gasteiger partial charge is 0.123 e. The minimum Gasteiger partial charge on any atom is -0.271 e. The van der Waals surface area contributed by atoms with E-state index in [4.69, 9.17) is 5.84 Å². The fourth-order valence-electron chi connectivity index (χ4n) is 1.52. The van der Waals surface area contributed by atoms with Crippen LogP contribution in [0.5, 0.6) is 0 Å². The first-order valence-corrected chi connectivity index (χ1v) is 6.34. The Kier molecular flexibility index (Phi) is 3.70. The summed E-state index contributed by atoms with van der Waals surface area (Å²) in [6.07, 6.45) is 0. The number of thiophene rings is 1. The van der Waals surface area contributed by atoms with E-state index in [0.29, 0.717) is 0 Å². The predicted molar refractivity (Wildman–Crippen MR) is 67.6 cm³/mol. The van der Waals surface area contributed by atoms with Crippen molar-refractivity contribution in [2.75, 3.05) is 0 Å². The van der Waals surface area contributed by atoms with Gasteiger partial charge >= 0.3 is 0 Å². The largest absolute Gasteiger partial charge is 0.271 e. The molecule has 0 aliphatic carbocycles. The molecule has 0 radical (unpaired) electrons. The molecule has 1 aromatic carbocycles. The summed E-state index contributed by atoms with van der Waals surface area (Å²) >= 11 is 5.02. The molecule has 0 spiro atoms. The molecule has 0 saturated heterocycles. The highest BCUT2D eigenvalue weighted by Gasteiger charge is 2.16. The molecule has 16 heavy (non-hydrogen) atoms. The number of nitrogens with one attached hydrogen (secondary N) is 1. The molecule has 1 atom stereocenters. The van der Waals surface area contributed by atoms with E-state index in [-0.39, 0.29) is 11.9 Å². The van der Waals surface area contributed by atoms with Crippen LogP contribution in [0.4, 0.5) is 4.39 Å². The number of hydrazine groups is 1. The van der Waals surface area contributed by atoms with Gasteiger partial charge < -0.3 is 0 Å². The van der Waals surface area contributed by atoms with Crippen molar-refractivity contribution in [3.8, 4) is 0 Å². The van der Waals surface area contributed by atoms with Crippen LogP contribution in [0.1, 0.15) is 16.5 Å². The monoisotopic (exact) mass is 300 g/mol. The Morgan fingerprint density at radius 3 is 2.75 bits per heavy atom. The maximum absolute atomic E-state index is 13.1. The summed E-state index contributed by atoms with van der Waals surface area (Å²) < 4.78 is 14.1. The van der Waals surface area contributed by atoms with Gasteiger partial charge in [-0.1, -0.05) is 12.1 Å². The standard InChI is InChI=1S/C11H10BrFN2S/c12-9-4-5-16-11(9)10(15-14)7-2-1-3-8(13)6-7/h1-6,10,15H,14H2. The van der Waals surface area contributed by atoms with Crippen LogP contribution in [-0.4, -0.2) is 0 Å². The van der Waals surface area contributed by atoms with Gasteiger partial charge in [0.15, 0.2) is 0 Å². The number of halogens is 2. The van der Waals surface area contributed by atoms with Crippen LogP contribution in [0.25, 0.3) is 0 Å². The zero-order valence-corrected chi connectivity index (χ0v) is 10.7. The van der Waals surface area contributed by atoms with Gasteiger partial charge in [-0.2, -0.15) is 0 Å². The Balaban J connectivity index is 2.40. The zero-order valence-electron chi connectivity index (χ0n) is 8.28. The number of rotatable bonds is 3. The summed E-state index contributed by atoms with van der Waals surface area (Å²) in [7, 11) is 0. The highest BCUT2D eigenvalue weighted by Crippen LogP contribution is 2.32. The van der Waals surface area contributed by atoms with E-state index in [1.54, 1.807) is 17.4 Å². The Labute approximate surface area is 105 Å². The van der Waals surface area contributed by atoms with Crippen molar-refractivity contribution >= 4 is 27.3 Å². The normalized spacial score (nSPS) is 12.7. The summed E-state index contributed by atoms with van der Waals surface area (Å²) in [6, 6.07) is 8.18. The molecule has 1 heterocycles. The van der Waals surface area contributed by atoms with Gasteiger partial charge in [0.05, 0.1) is 6.04 Å². The van der Waals surface area contributed by atoms with Crippen LogP contribution < -0.4 is 11.3 Å². The second kappa shape index (κ2) is 5.05. The summed E-state index contributed by atoms with van der Waals surface area (Å²) in [6.45, 7) is 0.